The van der Waals surface area contributed by atoms with Gasteiger partial charge >= 0.3 is 5.69 Å². The molecule has 0 radical (unpaired) electrons. The molecule has 0 unspecified atom stereocenters. The summed E-state index contributed by atoms with van der Waals surface area (Å²) < 4.78 is 17.0. The zero-order chi connectivity index (χ0) is 25.1. The Morgan fingerprint density at radius 3 is 2.47 bits per heavy atom. The molecule has 0 bridgehead atoms. The molecule has 1 saturated heterocycles. The minimum Gasteiger partial charge on any atom is -0.353 e. The summed E-state index contributed by atoms with van der Waals surface area (Å²) in [7, 11) is 0. The fourth-order valence-electron chi connectivity index (χ4n) is 5.13. The number of hydrogen-bond acceptors (Lipinski definition) is 7. The van der Waals surface area contributed by atoms with E-state index in [-0.39, 0.29) is 40.8 Å². The Morgan fingerprint density at radius 1 is 1.06 bits per heavy atom. The number of carbonyl (C=O) groups is 1. The molecular weight excluding hydrogens is 501 g/mol. The quantitative estimate of drug-likeness (QED) is 0.488. The van der Waals surface area contributed by atoms with Crippen LogP contribution in [0.2, 0.25) is 0 Å². The predicted molar refractivity (Wildman–Crippen MR) is 140 cm³/mol. The van der Waals surface area contributed by atoms with Crippen molar-refractivity contribution in [2.45, 2.75) is 61.5 Å². The lowest BCUT2D eigenvalue weighted by Crippen LogP contribution is -2.46. The lowest BCUT2D eigenvalue weighted by Gasteiger charge is -2.31. The zero-order valence-corrected chi connectivity index (χ0v) is 21.4. The van der Waals surface area contributed by atoms with Crippen LogP contribution in [0.15, 0.2) is 51.3 Å². The molecule has 0 atom stereocenters. The zero-order valence-electron chi connectivity index (χ0n) is 19.8. The van der Waals surface area contributed by atoms with Gasteiger partial charge in [-0.2, -0.15) is 11.8 Å². The highest BCUT2D eigenvalue weighted by atomic mass is 32.2. The van der Waals surface area contributed by atoms with Crippen molar-refractivity contribution in [3.05, 3.63) is 63.4 Å². The molecular formula is C25H28FN5O3S2. The Bertz CT molecular complexity index is 1350. The van der Waals surface area contributed by atoms with E-state index in [0.29, 0.717) is 31.4 Å². The van der Waals surface area contributed by atoms with Gasteiger partial charge in [-0.25, -0.2) is 14.2 Å². The van der Waals surface area contributed by atoms with Crippen LogP contribution in [-0.2, 0) is 4.79 Å². The predicted octanol–water partition coefficient (Wildman–Crippen LogP) is 3.55. The van der Waals surface area contributed by atoms with E-state index in [0.717, 1.165) is 35.4 Å². The van der Waals surface area contributed by atoms with E-state index in [1.807, 2.05) is 23.9 Å². The van der Waals surface area contributed by atoms with Crippen molar-refractivity contribution in [2.24, 2.45) is 0 Å². The van der Waals surface area contributed by atoms with Crippen molar-refractivity contribution >= 4 is 40.5 Å². The third-order valence-corrected chi connectivity index (χ3v) is 8.99. The molecule has 4 heterocycles. The molecule has 190 valence electrons. The van der Waals surface area contributed by atoms with Crippen molar-refractivity contribution in [3.63, 3.8) is 0 Å². The van der Waals surface area contributed by atoms with Crippen molar-refractivity contribution in [1.29, 1.82) is 0 Å². The van der Waals surface area contributed by atoms with Crippen LogP contribution >= 0.6 is 23.5 Å². The van der Waals surface area contributed by atoms with Crippen LogP contribution in [0.4, 0.5) is 4.39 Å². The molecule has 5 rings (SSSR count). The van der Waals surface area contributed by atoms with Gasteiger partial charge in [0, 0.05) is 35.4 Å². The average molecular weight is 530 g/mol. The number of fused-ring (bicyclic) bond motifs is 1. The number of aromatic nitrogens is 4. The second-order valence-corrected chi connectivity index (χ2v) is 11.5. The van der Waals surface area contributed by atoms with Gasteiger partial charge in [0.2, 0.25) is 5.91 Å². The topological polar surface area (TPSA) is 98.9 Å². The van der Waals surface area contributed by atoms with Crippen LogP contribution in [0, 0.1) is 5.82 Å². The molecule has 1 N–H and O–H groups in total. The maximum Gasteiger partial charge on any atom is 0.333 e. The van der Waals surface area contributed by atoms with Gasteiger partial charge in [-0.05, 0) is 68.2 Å². The second kappa shape index (κ2) is 11.2. The summed E-state index contributed by atoms with van der Waals surface area (Å²) in [4.78, 5) is 48.6. The Balaban J connectivity index is 1.33. The van der Waals surface area contributed by atoms with Crippen LogP contribution in [0.1, 0.15) is 50.6 Å². The van der Waals surface area contributed by atoms with Gasteiger partial charge in [-0.1, -0.05) is 0 Å². The van der Waals surface area contributed by atoms with Gasteiger partial charge in [-0.15, -0.1) is 11.8 Å². The fourth-order valence-corrected chi connectivity index (χ4v) is 6.91. The normalized spacial score (nSPS) is 20.9. The summed E-state index contributed by atoms with van der Waals surface area (Å²) in [6.07, 6.45) is 8.60. The molecule has 0 aromatic carbocycles. The van der Waals surface area contributed by atoms with Crippen molar-refractivity contribution in [3.8, 4) is 0 Å². The maximum absolute atomic E-state index is 14.1. The van der Waals surface area contributed by atoms with Gasteiger partial charge in [-0.3, -0.25) is 23.7 Å². The van der Waals surface area contributed by atoms with Crippen molar-refractivity contribution in [2.75, 3.05) is 17.3 Å². The number of nitrogens with one attached hydrogen (secondary N) is 1. The first-order chi connectivity index (χ1) is 17.5. The Labute approximate surface area is 216 Å². The summed E-state index contributed by atoms with van der Waals surface area (Å²) in [5.74, 6) is 1.55. The first-order valence-corrected chi connectivity index (χ1v) is 14.4. The monoisotopic (exact) mass is 529 g/mol. The third kappa shape index (κ3) is 5.36. The minimum atomic E-state index is -0.591. The van der Waals surface area contributed by atoms with E-state index in [1.54, 1.807) is 17.0 Å². The van der Waals surface area contributed by atoms with E-state index in [2.05, 4.69) is 15.3 Å². The maximum atomic E-state index is 14.1. The fraction of sp³-hybridized carbons (Fsp3) is 0.480. The Kier molecular flexibility index (Phi) is 7.76. The molecule has 1 aliphatic carbocycles. The van der Waals surface area contributed by atoms with Crippen LogP contribution in [-0.4, -0.2) is 48.3 Å². The van der Waals surface area contributed by atoms with Gasteiger partial charge in [0.25, 0.3) is 5.56 Å². The van der Waals surface area contributed by atoms with Crippen molar-refractivity contribution in [1.82, 2.24) is 24.4 Å². The van der Waals surface area contributed by atoms with E-state index in [9.17, 15) is 18.8 Å². The lowest BCUT2D eigenvalue weighted by atomic mass is 9.91. The highest BCUT2D eigenvalue weighted by Gasteiger charge is 2.29. The standard InChI is InChI=1S/C25H28FN5O3S2/c26-16-13-21-23(28-14-16)30(19-7-11-35-12-8-19)25(34)31(24(21)33)18-3-1-17(2-4-18)29-22(32)15-36-20-5-9-27-10-6-20/h5-6,9-10,13-14,17-19H,1-4,7-8,11-12,15H2,(H,29,32)/t17-,18+. The van der Waals surface area contributed by atoms with Gasteiger partial charge < -0.3 is 5.32 Å². The van der Waals surface area contributed by atoms with Crippen molar-refractivity contribution < 1.29 is 9.18 Å². The van der Waals surface area contributed by atoms with E-state index in [4.69, 9.17) is 0 Å². The molecule has 1 aliphatic heterocycles. The highest BCUT2D eigenvalue weighted by molar-refractivity contribution is 8.00. The number of thioether (sulfide) groups is 2. The second-order valence-electron chi connectivity index (χ2n) is 9.24. The molecule has 3 aromatic rings. The summed E-state index contributed by atoms with van der Waals surface area (Å²) in [6, 6.07) is 4.58. The van der Waals surface area contributed by atoms with E-state index in [1.165, 1.54) is 22.4 Å². The minimum absolute atomic E-state index is 0.000320. The molecule has 1 amide bonds. The molecule has 36 heavy (non-hydrogen) atoms. The number of carbonyl (C=O) groups excluding carboxylic acids is 1. The number of amides is 1. The summed E-state index contributed by atoms with van der Waals surface area (Å²) in [5.41, 5.74) is -0.568. The molecule has 0 spiro atoms. The average Bonchev–Trinajstić information content (AvgIpc) is 2.90. The molecule has 2 fully saturated rings. The molecule has 2 aliphatic rings. The largest absolute Gasteiger partial charge is 0.353 e. The molecule has 3 aromatic heterocycles. The number of nitrogens with zero attached hydrogens (tertiary/aromatic N) is 4. The number of rotatable bonds is 6. The lowest BCUT2D eigenvalue weighted by molar-refractivity contribution is -0.119. The van der Waals surface area contributed by atoms with Crippen LogP contribution in [0.3, 0.4) is 0 Å². The van der Waals surface area contributed by atoms with Gasteiger partial charge in [0.05, 0.1) is 17.3 Å². The SMILES string of the molecule is O=C(CSc1ccncc1)N[C@H]1CC[C@@H](n2c(=O)c3cc(F)cnc3n(C3CCSCC3)c2=O)CC1. The summed E-state index contributed by atoms with van der Waals surface area (Å²) in [5, 5.41) is 3.23. The van der Waals surface area contributed by atoms with Crippen LogP contribution in [0.25, 0.3) is 11.0 Å². The number of halogens is 1. The molecule has 1 saturated carbocycles. The van der Waals surface area contributed by atoms with Crippen LogP contribution in [0.5, 0.6) is 0 Å². The molecule has 11 heteroatoms. The smallest absolute Gasteiger partial charge is 0.333 e. The Morgan fingerprint density at radius 2 is 1.75 bits per heavy atom. The highest BCUT2D eigenvalue weighted by Crippen LogP contribution is 2.30. The van der Waals surface area contributed by atoms with Crippen LogP contribution < -0.4 is 16.6 Å². The Hall–Kier alpha value is -2.66. The van der Waals surface area contributed by atoms with E-state index >= 15 is 0 Å². The van der Waals surface area contributed by atoms with Gasteiger partial charge in [0.15, 0.2) is 0 Å². The van der Waals surface area contributed by atoms with E-state index < -0.39 is 11.4 Å². The molecule has 8 nitrogen and oxygen atoms in total. The first kappa shape index (κ1) is 25.0. The summed E-state index contributed by atoms with van der Waals surface area (Å²) >= 11 is 3.30. The third-order valence-electron chi connectivity index (χ3n) is 6.93. The summed E-state index contributed by atoms with van der Waals surface area (Å²) in [6.45, 7) is 0. The number of hydrogen-bond donors (Lipinski definition) is 1. The van der Waals surface area contributed by atoms with Gasteiger partial charge in [0.1, 0.15) is 11.5 Å². The number of pyridine rings is 2. The first-order valence-electron chi connectivity index (χ1n) is 12.2.